The summed E-state index contributed by atoms with van der Waals surface area (Å²) in [6.45, 7) is 0.838. The predicted molar refractivity (Wildman–Crippen MR) is 298 cm³/mol. The van der Waals surface area contributed by atoms with E-state index in [1.807, 2.05) is 12.1 Å². The van der Waals surface area contributed by atoms with Crippen molar-refractivity contribution in [2.45, 2.75) is 150 Å². The topological polar surface area (TPSA) is 460 Å². The second-order valence-electron chi connectivity index (χ2n) is 22.2. The Balaban J connectivity index is 0.0000110. The van der Waals surface area contributed by atoms with Crippen molar-refractivity contribution in [2.75, 3.05) is 19.6 Å². The molecule has 3 aromatic carbocycles. The van der Waals surface area contributed by atoms with E-state index in [0.717, 1.165) is 41.7 Å². The van der Waals surface area contributed by atoms with E-state index in [4.69, 9.17) is 14.3 Å². The fourth-order valence-electron chi connectivity index (χ4n) is 11.2. The van der Waals surface area contributed by atoms with E-state index >= 15 is 0 Å². The standard InChI is InChI=1S/C56H70N10O20S.Na/c1-26-24-66-46(47(26)74)52(79)58-23-34(68)20-36(59-48(75)31-11-15-33(16-12-31)54-64-63-53(83-54)32-13-9-30(10-14-32)29-6-4-3-5-7-29)49(76)60-43(27(2)67)55(80)65-25-35(69)21-37(65)50(77)61-44(51(78)62-45(56(66)81)40(72)22-42(57)73)39(71)18-28-8-17-38(70)41(19-28)84-87-86-85-82;/h8-17,19,26-27,29,34-37,39-40,43-47,67-72,74,82H,3-7,18,20-25H2,1-2H3,(H2,57,73)(H,58,79)(H,59,75)(H,60,76)(H,61,77)(H,62,78);/q;+1/p-1/t26?,27?,34?,35?,36-,37?,39?,40?,43?,44?,45?,46?,47?;/m0./s1. The van der Waals surface area contributed by atoms with Gasteiger partial charge in [-0.3, -0.25) is 43.4 Å². The van der Waals surface area contributed by atoms with Gasteiger partial charge in [0.05, 0.1) is 43.0 Å². The number of hydrogen-bond acceptors (Lipinski definition) is 23. The monoisotopic (exact) mass is 1260 g/mol. The third-order valence-electron chi connectivity index (χ3n) is 15.9. The summed E-state index contributed by atoms with van der Waals surface area (Å²) >= 11 is -0.00587. The van der Waals surface area contributed by atoms with Crippen molar-refractivity contribution in [3.8, 4) is 34.4 Å². The maximum atomic E-state index is 14.7. The van der Waals surface area contributed by atoms with E-state index in [2.05, 4.69) is 58.3 Å². The minimum atomic E-state index is -2.22. The summed E-state index contributed by atoms with van der Waals surface area (Å²) in [4.78, 5) is 115. The summed E-state index contributed by atoms with van der Waals surface area (Å²) in [7, 11) is 0. The molecule has 3 aliphatic heterocycles. The number of phenols is 1. The first-order valence-corrected chi connectivity index (χ1v) is 28.8. The Bertz CT molecular complexity index is 3120. The van der Waals surface area contributed by atoms with Crippen molar-refractivity contribution >= 4 is 59.6 Å². The number of rotatable bonds is 16. The molecule has 1 saturated carbocycles. The average Bonchev–Trinajstić information content (AvgIpc) is 2.11. The van der Waals surface area contributed by atoms with Gasteiger partial charge in [0.1, 0.15) is 36.3 Å². The fraction of sp³-hybridized carbons (Fsp3) is 0.500. The van der Waals surface area contributed by atoms with E-state index in [1.54, 1.807) is 0 Å². The van der Waals surface area contributed by atoms with Crippen LogP contribution in [0.15, 0.2) is 71.1 Å². The third-order valence-corrected chi connectivity index (χ3v) is 16.2. The Labute approximate surface area is 529 Å². The number of aromatic hydroxyl groups is 1. The van der Waals surface area contributed by atoms with Crippen LogP contribution in [0.1, 0.15) is 92.6 Å². The van der Waals surface area contributed by atoms with Gasteiger partial charge in [-0.1, -0.05) is 44.4 Å². The van der Waals surface area contributed by atoms with Crippen molar-refractivity contribution in [2.24, 2.45) is 11.7 Å². The molecule has 30 nitrogen and oxygen atoms in total. The van der Waals surface area contributed by atoms with Gasteiger partial charge in [0.15, 0.2) is 11.5 Å². The van der Waals surface area contributed by atoms with Gasteiger partial charge in [0.2, 0.25) is 53.1 Å². The number of nitrogens with one attached hydrogen (secondary N) is 5. The molecular formula is C56H69N10NaO20S. The van der Waals surface area contributed by atoms with Gasteiger partial charge in [0, 0.05) is 61.5 Å². The van der Waals surface area contributed by atoms with E-state index in [1.165, 1.54) is 62.1 Å². The predicted octanol–water partition coefficient (Wildman–Crippen LogP) is -5.85. The number of nitrogens with zero attached hydrogens (tertiary/aromatic N) is 4. The molecule has 0 bridgehead atoms. The van der Waals surface area contributed by atoms with Crippen LogP contribution in [0.25, 0.3) is 22.9 Å². The van der Waals surface area contributed by atoms with Gasteiger partial charge in [-0.25, -0.2) is 0 Å². The quantitative estimate of drug-likeness (QED) is 0.0163. The maximum absolute atomic E-state index is 14.7. The van der Waals surface area contributed by atoms with Gasteiger partial charge in [-0.15, -0.1) is 14.5 Å². The number of carbonyl (C=O) groups excluding carboxylic acids is 8. The number of phenolic OH excluding ortho intramolecular Hbond substituents is 1. The number of benzene rings is 3. The summed E-state index contributed by atoms with van der Waals surface area (Å²) < 4.78 is 15.1. The molecule has 32 heteroatoms. The molecular weight excluding hydrogens is 1190 g/mol. The Morgan fingerprint density at radius 2 is 1.41 bits per heavy atom. The molecule has 4 heterocycles. The summed E-state index contributed by atoms with van der Waals surface area (Å²) in [6.07, 6.45) is -7.80. The summed E-state index contributed by atoms with van der Waals surface area (Å²) in [6, 6.07) is 5.48. The zero-order valence-corrected chi connectivity index (χ0v) is 50.9. The number of amides is 8. The fourth-order valence-corrected chi connectivity index (χ4v) is 11.5. The van der Waals surface area contributed by atoms with Crippen molar-refractivity contribution in [3.63, 3.8) is 0 Å². The van der Waals surface area contributed by atoms with Crippen LogP contribution in [-0.2, 0) is 49.4 Å². The van der Waals surface area contributed by atoms with Crippen LogP contribution in [0.5, 0.6) is 11.5 Å². The van der Waals surface area contributed by atoms with Crippen LogP contribution in [-0.4, -0.2) is 196 Å². The van der Waals surface area contributed by atoms with E-state index in [-0.39, 0.29) is 70.5 Å². The Morgan fingerprint density at radius 3 is 2.05 bits per heavy atom. The normalized spacial score (nSPS) is 26.4. The van der Waals surface area contributed by atoms with Crippen molar-refractivity contribution in [1.29, 1.82) is 0 Å². The minimum Gasteiger partial charge on any atom is -0.691 e. The molecule has 88 heavy (non-hydrogen) atoms. The molecule has 3 saturated heterocycles. The van der Waals surface area contributed by atoms with Crippen molar-refractivity contribution in [1.82, 2.24) is 46.6 Å². The smallest absolute Gasteiger partial charge is 0.691 e. The zero-order chi connectivity index (χ0) is 62.8. The molecule has 8 rings (SSSR count). The molecule has 0 spiro atoms. The Morgan fingerprint density at radius 1 is 0.784 bits per heavy atom. The van der Waals surface area contributed by atoms with Crippen LogP contribution in [0, 0.1) is 5.92 Å². The Hall–Kier alpha value is -6.85. The number of fused-ring (bicyclic) bond motifs is 2. The van der Waals surface area contributed by atoms with Gasteiger partial charge < -0.3 is 91.7 Å². The van der Waals surface area contributed by atoms with Crippen LogP contribution in [0.3, 0.4) is 0 Å². The number of hydrogen-bond donors (Lipinski definition) is 13. The third kappa shape index (κ3) is 16.9. The molecule has 4 fully saturated rings. The second kappa shape index (κ2) is 31.1. The van der Waals surface area contributed by atoms with Crippen LogP contribution in [0.4, 0.5) is 0 Å². The molecule has 8 amide bonds. The van der Waals surface area contributed by atoms with E-state index in [9.17, 15) is 79.4 Å². The van der Waals surface area contributed by atoms with Crippen molar-refractivity contribution < 1.29 is 127 Å². The first-order chi connectivity index (χ1) is 41.5. The molecule has 4 aliphatic rings. The Kier molecular flexibility index (Phi) is 24.2. The molecule has 12 unspecified atom stereocenters. The zero-order valence-electron chi connectivity index (χ0n) is 48.1. The summed E-state index contributed by atoms with van der Waals surface area (Å²) in [5, 5.41) is 112. The molecule has 13 atom stereocenters. The van der Waals surface area contributed by atoms with Crippen LogP contribution in [0.2, 0.25) is 0 Å². The van der Waals surface area contributed by atoms with Crippen LogP contribution >= 0.6 is 12.3 Å². The van der Waals surface area contributed by atoms with Crippen LogP contribution < -0.4 is 71.3 Å². The van der Waals surface area contributed by atoms with Crippen molar-refractivity contribution in [3.05, 3.63) is 83.4 Å². The minimum absolute atomic E-state index is 0. The molecule has 0 radical (unpaired) electrons. The molecule has 1 aromatic heterocycles. The van der Waals surface area contributed by atoms with Gasteiger partial charge in [0.25, 0.3) is 18.2 Å². The number of aliphatic hydroxyl groups is 6. The van der Waals surface area contributed by atoms with E-state index < -0.39 is 177 Å². The molecule has 4 aromatic rings. The largest absolute Gasteiger partial charge is 1.00 e. The average molecular weight is 1260 g/mol. The second-order valence-corrected chi connectivity index (χ2v) is 22.6. The number of nitrogens with two attached hydrogens (primary N) is 1. The number of aliphatic hydroxyl groups excluding tert-OH is 6. The summed E-state index contributed by atoms with van der Waals surface area (Å²) in [5.74, 6) is -10.3. The number of β-amino-alcohol motifs (C(OH)–C–C–N with tert-alkyl or cyclic N) is 1. The number of carbonyl (C=O) groups is 8. The maximum Gasteiger partial charge on any atom is 1.00 e. The number of aromatic nitrogens is 2. The first-order valence-electron chi connectivity index (χ1n) is 28.1. The van der Waals surface area contributed by atoms with E-state index in [0.29, 0.717) is 17.0 Å². The molecule has 470 valence electrons. The van der Waals surface area contributed by atoms with Gasteiger partial charge in [-0.2, -0.15) is 0 Å². The summed E-state index contributed by atoms with van der Waals surface area (Å²) in [5.41, 5.74) is 7.82. The van der Waals surface area contributed by atoms with Gasteiger partial charge in [-0.05, 0) is 85.3 Å². The SMILES string of the molecule is CC(O)C1NC(=O)[C@@H](NC(=O)c2ccc(-c3nnc(-c4ccc(C5CCCCC5)cc4)o3)cc2)CC(O)CNC(=O)C2C(O)C(C)CN2C(=O)C(C(O)CC(N)=O)NC(=O)C(C(O)Cc2ccc(O)c(OSOO[O-])c2)NC(=O)C2CC(O)CN2C1=O.[Na+]. The first kappa shape index (κ1) is 68.6. The van der Waals surface area contributed by atoms with Gasteiger partial charge >= 0.3 is 29.6 Å². The molecule has 14 N–H and O–H groups in total. The molecule has 1 aliphatic carbocycles. The number of primary amides is 1.